The molecule has 32 heavy (non-hydrogen) atoms. The zero-order valence-corrected chi connectivity index (χ0v) is 16.9. The molecule has 5 aromatic rings. The molecular formula is C25H17N7. The number of nitrogens with zero attached hydrogens (tertiary/aromatic N) is 6. The van der Waals surface area contributed by atoms with Gasteiger partial charge < -0.3 is 5.73 Å². The zero-order valence-electron chi connectivity index (χ0n) is 16.9. The van der Waals surface area contributed by atoms with Crippen molar-refractivity contribution in [3.63, 3.8) is 0 Å². The topological polar surface area (TPSA) is 105 Å². The Balaban J connectivity index is 1.81. The SMILES string of the molecule is N#Cc1c(-c2ccccc2)nc2c(N=Nc3ccccc3)c(-c3ccccc3)nn2c1N. The van der Waals surface area contributed by atoms with Gasteiger partial charge in [0.05, 0.1) is 11.4 Å². The minimum atomic E-state index is 0.203. The van der Waals surface area contributed by atoms with E-state index in [-0.39, 0.29) is 11.4 Å². The molecule has 0 saturated heterocycles. The molecule has 2 N–H and O–H groups in total. The maximum absolute atomic E-state index is 9.81. The Morgan fingerprint density at radius 1 is 0.750 bits per heavy atom. The minimum Gasteiger partial charge on any atom is -0.382 e. The minimum absolute atomic E-state index is 0.203. The molecule has 3 aromatic carbocycles. The zero-order chi connectivity index (χ0) is 21.9. The summed E-state index contributed by atoms with van der Waals surface area (Å²) in [5.41, 5.74) is 11.0. The summed E-state index contributed by atoms with van der Waals surface area (Å²) in [7, 11) is 0. The first-order chi connectivity index (χ1) is 15.8. The number of fused-ring (bicyclic) bond motifs is 1. The van der Waals surface area contributed by atoms with E-state index in [1.165, 1.54) is 4.52 Å². The summed E-state index contributed by atoms with van der Waals surface area (Å²) < 4.78 is 1.46. The van der Waals surface area contributed by atoms with E-state index >= 15 is 0 Å². The van der Waals surface area contributed by atoms with Crippen molar-refractivity contribution in [3.05, 3.63) is 96.6 Å². The van der Waals surface area contributed by atoms with E-state index in [0.29, 0.717) is 28.4 Å². The van der Waals surface area contributed by atoms with Crippen LogP contribution in [-0.4, -0.2) is 14.6 Å². The lowest BCUT2D eigenvalue weighted by Gasteiger charge is -2.08. The van der Waals surface area contributed by atoms with Crippen molar-refractivity contribution < 1.29 is 0 Å². The highest BCUT2D eigenvalue weighted by atomic mass is 15.3. The summed E-state index contributed by atoms with van der Waals surface area (Å²) in [6.07, 6.45) is 0. The molecule has 0 radical (unpaired) electrons. The molecule has 0 spiro atoms. The van der Waals surface area contributed by atoms with Crippen molar-refractivity contribution in [1.29, 1.82) is 5.26 Å². The third kappa shape index (κ3) is 3.36. The molecule has 0 bridgehead atoms. The normalized spacial score (nSPS) is 11.1. The van der Waals surface area contributed by atoms with Crippen molar-refractivity contribution in [1.82, 2.24) is 14.6 Å². The number of anilines is 1. The molecule has 7 heteroatoms. The average molecular weight is 415 g/mol. The van der Waals surface area contributed by atoms with Crippen LogP contribution < -0.4 is 5.73 Å². The molecule has 0 aliphatic rings. The van der Waals surface area contributed by atoms with Crippen LogP contribution >= 0.6 is 0 Å². The molecule has 0 aliphatic heterocycles. The number of nitrogens with two attached hydrogens (primary N) is 1. The fraction of sp³-hybridized carbons (Fsp3) is 0. The lowest BCUT2D eigenvalue weighted by molar-refractivity contribution is 0.953. The molecule has 7 nitrogen and oxygen atoms in total. The maximum atomic E-state index is 9.81. The second-order valence-electron chi connectivity index (χ2n) is 7.03. The monoisotopic (exact) mass is 415 g/mol. The number of hydrogen-bond donors (Lipinski definition) is 1. The van der Waals surface area contributed by atoms with Gasteiger partial charge in [-0.05, 0) is 12.1 Å². The average Bonchev–Trinajstić information content (AvgIpc) is 3.23. The molecule has 152 valence electrons. The Morgan fingerprint density at radius 3 is 1.91 bits per heavy atom. The standard InChI is InChI=1S/C25H17N7/c26-16-20-21(17-10-4-1-5-11-17)28-25-23(30-29-19-14-8-3-9-15-19)22(31-32(25)24(20)27)18-12-6-2-7-13-18/h1-15H,27H2. The first kappa shape index (κ1) is 19.2. The van der Waals surface area contributed by atoms with Crippen molar-refractivity contribution >= 4 is 22.8 Å². The molecule has 0 saturated carbocycles. The first-order valence-electron chi connectivity index (χ1n) is 9.96. The summed E-state index contributed by atoms with van der Waals surface area (Å²) in [5.74, 6) is 0.203. The third-order valence-corrected chi connectivity index (χ3v) is 5.00. The summed E-state index contributed by atoms with van der Waals surface area (Å²) in [4.78, 5) is 4.78. The summed E-state index contributed by atoms with van der Waals surface area (Å²) in [6, 6.07) is 30.7. The number of nitrogen functional groups attached to an aromatic ring is 1. The lowest BCUT2D eigenvalue weighted by atomic mass is 10.1. The molecule has 2 aromatic heterocycles. The Hall–Kier alpha value is -4.83. The number of aromatic nitrogens is 3. The van der Waals surface area contributed by atoms with Gasteiger partial charge in [0.1, 0.15) is 23.1 Å². The van der Waals surface area contributed by atoms with E-state index in [1.807, 2.05) is 91.0 Å². The van der Waals surface area contributed by atoms with Crippen LogP contribution in [0.25, 0.3) is 28.2 Å². The van der Waals surface area contributed by atoms with Gasteiger partial charge in [0.25, 0.3) is 0 Å². The number of hydrogen-bond acceptors (Lipinski definition) is 6. The van der Waals surface area contributed by atoms with Crippen molar-refractivity contribution in [2.75, 3.05) is 5.73 Å². The summed E-state index contributed by atoms with van der Waals surface area (Å²) in [6.45, 7) is 0. The Morgan fingerprint density at radius 2 is 1.31 bits per heavy atom. The van der Waals surface area contributed by atoms with Gasteiger partial charge >= 0.3 is 0 Å². The van der Waals surface area contributed by atoms with Crippen LogP contribution in [0.4, 0.5) is 17.2 Å². The van der Waals surface area contributed by atoms with E-state index in [0.717, 1.165) is 11.1 Å². The lowest BCUT2D eigenvalue weighted by Crippen LogP contribution is -2.06. The Labute approximate surface area is 184 Å². The van der Waals surface area contributed by atoms with E-state index in [2.05, 4.69) is 21.4 Å². The summed E-state index contributed by atoms with van der Waals surface area (Å²) >= 11 is 0. The molecule has 0 fully saturated rings. The second kappa shape index (κ2) is 8.13. The molecule has 0 atom stereocenters. The van der Waals surface area contributed by atoms with Crippen LogP contribution in [0.3, 0.4) is 0 Å². The number of benzene rings is 3. The van der Waals surface area contributed by atoms with Gasteiger partial charge in [-0.2, -0.15) is 20.0 Å². The second-order valence-corrected chi connectivity index (χ2v) is 7.03. The van der Waals surface area contributed by atoms with Crippen molar-refractivity contribution in [2.24, 2.45) is 10.2 Å². The molecule has 0 aliphatic carbocycles. The fourth-order valence-corrected chi connectivity index (χ4v) is 3.46. The molecule has 0 amide bonds. The number of rotatable bonds is 4. The van der Waals surface area contributed by atoms with Crippen LogP contribution in [0.2, 0.25) is 0 Å². The van der Waals surface area contributed by atoms with Gasteiger partial charge in [-0.3, -0.25) is 0 Å². The highest BCUT2D eigenvalue weighted by Crippen LogP contribution is 2.37. The van der Waals surface area contributed by atoms with E-state index in [9.17, 15) is 5.26 Å². The number of nitriles is 1. The summed E-state index contributed by atoms with van der Waals surface area (Å²) in [5, 5.41) is 23.4. The van der Waals surface area contributed by atoms with Crippen LogP contribution in [0.1, 0.15) is 5.56 Å². The van der Waals surface area contributed by atoms with Crippen molar-refractivity contribution in [3.8, 4) is 28.6 Å². The molecule has 0 unspecified atom stereocenters. The Kier molecular flexibility index (Phi) is 4.86. The maximum Gasteiger partial charge on any atom is 0.186 e. The van der Waals surface area contributed by atoms with Crippen LogP contribution in [0.15, 0.2) is 101 Å². The van der Waals surface area contributed by atoms with Gasteiger partial charge in [0.2, 0.25) is 0 Å². The molecular weight excluding hydrogens is 398 g/mol. The van der Waals surface area contributed by atoms with E-state index in [4.69, 9.17) is 10.7 Å². The smallest absolute Gasteiger partial charge is 0.186 e. The van der Waals surface area contributed by atoms with Crippen LogP contribution in [0, 0.1) is 11.3 Å². The highest BCUT2D eigenvalue weighted by molar-refractivity contribution is 5.86. The first-order valence-corrected chi connectivity index (χ1v) is 9.96. The van der Waals surface area contributed by atoms with Gasteiger partial charge in [-0.25, -0.2) is 4.98 Å². The van der Waals surface area contributed by atoms with Gasteiger partial charge in [0, 0.05) is 11.1 Å². The molecule has 5 rings (SSSR count). The Bertz CT molecular complexity index is 1470. The largest absolute Gasteiger partial charge is 0.382 e. The van der Waals surface area contributed by atoms with Crippen molar-refractivity contribution in [2.45, 2.75) is 0 Å². The predicted octanol–water partition coefficient (Wildman–Crippen LogP) is 5.93. The van der Waals surface area contributed by atoms with E-state index in [1.54, 1.807) is 0 Å². The predicted molar refractivity (Wildman–Crippen MR) is 124 cm³/mol. The highest BCUT2D eigenvalue weighted by Gasteiger charge is 2.22. The van der Waals surface area contributed by atoms with E-state index < -0.39 is 0 Å². The van der Waals surface area contributed by atoms with Gasteiger partial charge in [-0.1, -0.05) is 78.9 Å². The van der Waals surface area contributed by atoms with Gasteiger partial charge in [0.15, 0.2) is 11.3 Å². The fourth-order valence-electron chi connectivity index (χ4n) is 3.46. The van der Waals surface area contributed by atoms with Crippen LogP contribution in [-0.2, 0) is 0 Å². The third-order valence-electron chi connectivity index (χ3n) is 5.00. The number of azo groups is 1. The quantitative estimate of drug-likeness (QED) is 0.367. The van der Waals surface area contributed by atoms with Crippen LogP contribution in [0.5, 0.6) is 0 Å². The van der Waals surface area contributed by atoms with Gasteiger partial charge in [-0.15, -0.1) is 5.11 Å². The molecule has 2 heterocycles.